The highest BCUT2D eigenvalue weighted by Crippen LogP contribution is 2.40. The molecule has 2 aliphatic rings. The van der Waals surface area contributed by atoms with Crippen molar-refractivity contribution >= 4 is 28.9 Å². The predicted octanol–water partition coefficient (Wildman–Crippen LogP) is 5.09. The number of amides is 1. The zero-order valence-electron chi connectivity index (χ0n) is 20.8. The van der Waals surface area contributed by atoms with Crippen molar-refractivity contribution in [3.63, 3.8) is 0 Å². The van der Waals surface area contributed by atoms with Gasteiger partial charge in [-0.2, -0.15) is 0 Å². The number of likely N-dealkylation sites (N-methyl/N-ethyl adjacent to an activating group) is 1. The topological polar surface area (TPSA) is 74.2 Å². The number of carbonyl (C=O) groups excluding carboxylic acids is 1. The number of rotatable bonds is 6. The molecule has 2 fully saturated rings. The van der Waals surface area contributed by atoms with E-state index in [1.54, 1.807) is 17.5 Å². The molecule has 1 saturated heterocycles. The second-order valence-corrected chi connectivity index (χ2v) is 11.1. The molecule has 1 amide bonds. The number of hydrogen-bond acceptors (Lipinski definition) is 7. The summed E-state index contributed by atoms with van der Waals surface area (Å²) in [4.78, 5) is 32.4. The van der Waals surface area contributed by atoms with Gasteiger partial charge in [0.05, 0.1) is 15.6 Å². The van der Waals surface area contributed by atoms with Gasteiger partial charge >= 0.3 is 0 Å². The molecule has 7 nitrogen and oxygen atoms in total. The first-order chi connectivity index (χ1) is 17.0. The molecule has 3 aromatic rings. The van der Waals surface area contributed by atoms with E-state index >= 15 is 0 Å². The monoisotopic (exact) mass is 490 g/mol. The lowest BCUT2D eigenvalue weighted by atomic mass is 9.81. The molecule has 1 atom stereocenters. The minimum absolute atomic E-state index is 0.172. The van der Waals surface area contributed by atoms with Gasteiger partial charge in [-0.05, 0) is 83.0 Å². The molecule has 8 heteroatoms. The number of thiazole rings is 1. The lowest BCUT2D eigenvalue weighted by Crippen LogP contribution is -2.38. The fraction of sp³-hybridized carbons (Fsp3) is 0.481. The maximum Gasteiger partial charge on any atom is 0.225 e. The molecule has 5 rings (SSSR count). The van der Waals surface area contributed by atoms with Gasteiger partial charge in [-0.15, -0.1) is 11.3 Å². The van der Waals surface area contributed by atoms with E-state index in [0.29, 0.717) is 17.9 Å². The fourth-order valence-electron chi connectivity index (χ4n) is 5.18. The molecule has 1 unspecified atom stereocenters. The summed E-state index contributed by atoms with van der Waals surface area (Å²) in [6.45, 7) is 3.83. The normalized spacial score (nSPS) is 22.5. The first-order valence-corrected chi connectivity index (χ1v) is 13.4. The second kappa shape index (κ2) is 10.4. The van der Waals surface area contributed by atoms with Gasteiger partial charge in [0, 0.05) is 43.4 Å². The summed E-state index contributed by atoms with van der Waals surface area (Å²) in [7, 11) is 4.21. The Bertz CT molecular complexity index is 1170. The SMILES string of the molecule is Cc1ccnc(Nc2cccc(-c3cnc([C@H]4CC[C@H](C(=O)N5CCC(N(C)C)C5)CC4)s3)n2)c1. The Morgan fingerprint density at radius 1 is 1.09 bits per heavy atom. The Morgan fingerprint density at radius 3 is 2.66 bits per heavy atom. The van der Waals surface area contributed by atoms with Crippen LogP contribution in [0.25, 0.3) is 10.6 Å². The molecule has 0 bridgehead atoms. The number of aryl methyl sites for hydroxylation is 1. The summed E-state index contributed by atoms with van der Waals surface area (Å²) >= 11 is 1.73. The van der Waals surface area contributed by atoms with Crippen molar-refractivity contribution in [1.29, 1.82) is 0 Å². The Balaban J connectivity index is 1.19. The number of aromatic nitrogens is 3. The molecule has 0 spiro atoms. The fourth-order valence-corrected chi connectivity index (χ4v) is 6.24. The van der Waals surface area contributed by atoms with E-state index in [9.17, 15) is 4.79 Å². The predicted molar refractivity (Wildman–Crippen MR) is 141 cm³/mol. The Morgan fingerprint density at radius 2 is 1.91 bits per heavy atom. The van der Waals surface area contributed by atoms with Crippen molar-refractivity contribution in [3.8, 4) is 10.6 Å². The highest BCUT2D eigenvalue weighted by Gasteiger charge is 2.34. The van der Waals surface area contributed by atoms with Crippen LogP contribution in [-0.2, 0) is 4.79 Å². The number of likely N-dealkylation sites (tertiary alicyclic amines) is 1. The average Bonchev–Trinajstić information content (AvgIpc) is 3.55. The summed E-state index contributed by atoms with van der Waals surface area (Å²) in [5.74, 6) is 2.53. The van der Waals surface area contributed by atoms with Gasteiger partial charge < -0.3 is 15.1 Å². The van der Waals surface area contributed by atoms with Crippen LogP contribution in [-0.4, -0.2) is 63.9 Å². The van der Waals surface area contributed by atoms with Gasteiger partial charge in [0.25, 0.3) is 0 Å². The number of anilines is 2. The standard InChI is InChI=1S/C27H34N6OS/c1-18-11-13-28-25(15-18)31-24-6-4-5-22(30-24)23-16-29-26(35-23)19-7-9-20(10-8-19)27(34)33-14-12-21(17-33)32(2)3/h4-6,11,13,15-16,19-21H,7-10,12,14,17H2,1-3H3,(H,28,30,31)/t19-,20-,21?. The highest BCUT2D eigenvalue weighted by atomic mass is 32.1. The minimum atomic E-state index is 0.172. The minimum Gasteiger partial charge on any atom is -0.341 e. The number of pyridine rings is 2. The van der Waals surface area contributed by atoms with E-state index in [1.807, 2.05) is 43.5 Å². The Hall–Kier alpha value is -2.84. The van der Waals surface area contributed by atoms with E-state index in [-0.39, 0.29) is 5.92 Å². The summed E-state index contributed by atoms with van der Waals surface area (Å²) < 4.78 is 0. The molecular weight excluding hydrogens is 456 g/mol. The van der Waals surface area contributed by atoms with E-state index < -0.39 is 0 Å². The molecular formula is C27H34N6OS. The maximum absolute atomic E-state index is 13.1. The second-order valence-electron chi connectivity index (χ2n) is 10.1. The molecule has 1 N–H and O–H groups in total. The van der Waals surface area contributed by atoms with Gasteiger partial charge in [-0.25, -0.2) is 15.0 Å². The van der Waals surface area contributed by atoms with Gasteiger partial charge in [-0.3, -0.25) is 4.79 Å². The summed E-state index contributed by atoms with van der Waals surface area (Å²) in [6.07, 6.45) is 8.81. The van der Waals surface area contributed by atoms with E-state index in [2.05, 4.69) is 34.2 Å². The van der Waals surface area contributed by atoms with Gasteiger partial charge in [-0.1, -0.05) is 6.07 Å². The van der Waals surface area contributed by atoms with E-state index in [0.717, 1.165) is 73.0 Å². The zero-order valence-corrected chi connectivity index (χ0v) is 21.6. The lowest BCUT2D eigenvalue weighted by molar-refractivity contribution is -0.135. The number of carbonyl (C=O) groups is 1. The van der Waals surface area contributed by atoms with Crippen molar-refractivity contribution in [2.24, 2.45) is 5.92 Å². The van der Waals surface area contributed by atoms with Crippen LogP contribution in [0.5, 0.6) is 0 Å². The molecule has 1 aliphatic carbocycles. The van der Waals surface area contributed by atoms with Crippen LogP contribution in [0.3, 0.4) is 0 Å². The third-order valence-corrected chi connectivity index (χ3v) is 8.51. The highest BCUT2D eigenvalue weighted by molar-refractivity contribution is 7.15. The van der Waals surface area contributed by atoms with Crippen LogP contribution < -0.4 is 5.32 Å². The average molecular weight is 491 g/mol. The summed E-state index contributed by atoms with van der Waals surface area (Å²) in [5.41, 5.74) is 2.07. The molecule has 3 aromatic heterocycles. The Labute approximate surface area is 211 Å². The maximum atomic E-state index is 13.1. The van der Waals surface area contributed by atoms with Crippen molar-refractivity contribution in [1.82, 2.24) is 24.8 Å². The van der Waals surface area contributed by atoms with Crippen LogP contribution in [0.1, 0.15) is 48.6 Å². The van der Waals surface area contributed by atoms with Gasteiger partial charge in [0.2, 0.25) is 5.91 Å². The molecule has 0 radical (unpaired) electrons. The molecule has 0 aromatic carbocycles. The number of nitrogens with one attached hydrogen (secondary N) is 1. The third-order valence-electron chi connectivity index (χ3n) is 7.33. The summed E-state index contributed by atoms with van der Waals surface area (Å²) in [5, 5.41) is 4.46. The largest absolute Gasteiger partial charge is 0.341 e. The number of nitrogens with zero attached hydrogens (tertiary/aromatic N) is 5. The summed E-state index contributed by atoms with van der Waals surface area (Å²) in [6, 6.07) is 10.5. The van der Waals surface area contributed by atoms with Crippen LogP contribution in [0, 0.1) is 12.8 Å². The third kappa shape index (κ3) is 5.54. The Kier molecular flexibility index (Phi) is 7.11. The van der Waals surface area contributed by atoms with E-state index in [1.165, 1.54) is 5.01 Å². The van der Waals surface area contributed by atoms with Crippen LogP contribution in [0.4, 0.5) is 11.6 Å². The molecule has 35 heavy (non-hydrogen) atoms. The quantitative estimate of drug-likeness (QED) is 0.519. The van der Waals surface area contributed by atoms with Crippen molar-refractivity contribution < 1.29 is 4.79 Å². The van der Waals surface area contributed by atoms with Gasteiger partial charge in [0.15, 0.2) is 0 Å². The van der Waals surface area contributed by atoms with Crippen LogP contribution >= 0.6 is 11.3 Å². The van der Waals surface area contributed by atoms with Crippen molar-refractivity contribution in [2.75, 3.05) is 32.5 Å². The lowest BCUT2D eigenvalue weighted by Gasteiger charge is -2.30. The van der Waals surface area contributed by atoms with Crippen molar-refractivity contribution in [2.45, 2.75) is 51.0 Å². The molecule has 1 saturated carbocycles. The van der Waals surface area contributed by atoms with Gasteiger partial charge in [0.1, 0.15) is 11.6 Å². The first kappa shape index (κ1) is 23.9. The van der Waals surface area contributed by atoms with E-state index in [4.69, 9.17) is 9.97 Å². The first-order valence-electron chi connectivity index (χ1n) is 12.5. The van der Waals surface area contributed by atoms with Crippen LogP contribution in [0.15, 0.2) is 42.7 Å². The molecule has 184 valence electrons. The smallest absolute Gasteiger partial charge is 0.225 e. The molecule has 1 aliphatic heterocycles. The molecule has 4 heterocycles. The number of hydrogen-bond donors (Lipinski definition) is 1. The zero-order chi connectivity index (χ0) is 24.4. The van der Waals surface area contributed by atoms with Crippen molar-refractivity contribution in [3.05, 3.63) is 53.3 Å². The van der Waals surface area contributed by atoms with Crippen LogP contribution in [0.2, 0.25) is 0 Å².